The van der Waals surface area contributed by atoms with E-state index in [1.54, 1.807) is 13.2 Å². The van der Waals surface area contributed by atoms with Crippen LogP contribution in [0.3, 0.4) is 0 Å². The average molecular weight is 381 g/mol. The molecule has 2 aliphatic rings. The summed E-state index contributed by atoms with van der Waals surface area (Å²) in [5, 5.41) is 10.4. The largest absolute Gasteiger partial charge is 0.508 e. The molecule has 2 aliphatic heterocycles. The highest BCUT2D eigenvalue weighted by Gasteiger charge is 2.55. The zero-order chi connectivity index (χ0) is 19.7. The van der Waals surface area contributed by atoms with Crippen LogP contribution in [0, 0.1) is 5.92 Å². The Labute approximate surface area is 165 Å². The molecule has 0 bridgehead atoms. The topological polar surface area (TPSA) is 73.8 Å². The lowest BCUT2D eigenvalue weighted by Gasteiger charge is -2.31. The molecule has 4 rings (SSSR count). The monoisotopic (exact) mass is 381 g/mol. The molecule has 6 heteroatoms. The SMILES string of the molecule is CCc1ccc(C2C3C(NNC3c3ccccc3O)C(=O)N2CCOC)cc1. The van der Waals surface area contributed by atoms with Crippen molar-refractivity contribution in [3.63, 3.8) is 0 Å². The van der Waals surface area contributed by atoms with Crippen LogP contribution < -0.4 is 10.9 Å². The zero-order valence-corrected chi connectivity index (χ0v) is 16.3. The summed E-state index contributed by atoms with van der Waals surface area (Å²) in [5.74, 6) is 0.271. The maximum absolute atomic E-state index is 13.2. The van der Waals surface area contributed by atoms with Gasteiger partial charge < -0.3 is 14.7 Å². The number of hydrazine groups is 1. The fourth-order valence-corrected chi connectivity index (χ4v) is 4.51. The molecule has 2 aromatic rings. The molecule has 2 heterocycles. The van der Waals surface area contributed by atoms with Gasteiger partial charge >= 0.3 is 0 Å². The molecule has 0 aromatic heterocycles. The van der Waals surface area contributed by atoms with Gasteiger partial charge in [0.05, 0.1) is 18.7 Å². The van der Waals surface area contributed by atoms with E-state index >= 15 is 0 Å². The van der Waals surface area contributed by atoms with Crippen molar-refractivity contribution in [1.82, 2.24) is 15.8 Å². The first-order chi connectivity index (χ1) is 13.7. The minimum atomic E-state index is -0.336. The first kappa shape index (κ1) is 18.9. The Kier molecular flexibility index (Phi) is 5.35. The number of carbonyl (C=O) groups is 1. The minimum Gasteiger partial charge on any atom is -0.508 e. The molecule has 28 heavy (non-hydrogen) atoms. The Bertz CT molecular complexity index is 839. The summed E-state index contributed by atoms with van der Waals surface area (Å²) < 4.78 is 5.26. The van der Waals surface area contributed by atoms with Gasteiger partial charge in [-0.3, -0.25) is 4.79 Å². The summed E-state index contributed by atoms with van der Waals surface area (Å²) >= 11 is 0. The van der Waals surface area contributed by atoms with E-state index in [0.29, 0.717) is 13.2 Å². The lowest BCUT2D eigenvalue weighted by molar-refractivity contribution is -0.131. The number of para-hydroxylation sites is 1. The van der Waals surface area contributed by atoms with Crippen molar-refractivity contribution in [1.29, 1.82) is 0 Å². The van der Waals surface area contributed by atoms with Crippen molar-refractivity contribution in [2.75, 3.05) is 20.3 Å². The zero-order valence-electron chi connectivity index (χ0n) is 16.3. The van der Waals surface area contributed by atoms with E-state index in [1.807, 2.05) is 23.1 Å². The van der Waals surface area contributed by atoms with E-state index in [0.717, 1.165) is 17.5 Å². The Hall–Kier alpha value is -2.41. The predicted octanol–water partition coefficient (Wildman–Crippen LogP) is 2.32. The van der Waals surface area contributed by atoms with Gasteiger partial charge in [-0.25, -0.2) is 10.9 Å². The summed E-state index contributed by atoms with van der Waals surface area (Å²) in [7, 11) is 1.65. The van der Waals surface area contributed by atoms with Gasteiger partial charge in [0.2, 0.25) is 5.91 Å². The summed E-state index contributed by atoms with van der Waals surface area (Å²) in [6, 6.07) is 15.2. The molecule has 4 atom stereocenters. The van der Waals surface area contributed by atoms with Gasteiger partial charge in [0, 0.05) is 25.1 Å². The number of ether oxygens (including phenoxy) is 1. The summed E-state index contributed by atoms with van der Waals surface area (Å²) in [6.45, 7) is 3.16. The number of aromatic hydroxyl groups is 1. The number of aryl methyl sites for hydroxylation is 1. The Morgan fingerprint density at radius 1 is 1.07 bits per heavy atom. The van der Waals surface area contributed by atoms with Crippen LogP contribution in [0.25, 0.3) is 0 Å². The summed E-state index contributed by atoms with van der Waals surface area (Å²) in [6.07, 6.45) is 0.979. The fraction of sp³-hybridized carbons (Fsp3) is 0.409. The average Bonchev–Trinajstić information content (AvgIpc) is 3.26. The molecule has 2 aromatic carbocycles. The third-order valence-corrected chi connectivity index (χ3v) is 5.95. The highest BCUT2D eigenvalue weighted by molar-refractivity contribution is 5.86. The molecular formula is C22H27N3O3. The molecule has 3 N–H and O–H groups in total. The molecule has 148 valence electrons. The van der Waals surface area contributed by atoms with E-state index in [-0.39, 0.29) is 35.7 Å². The van der Waals surface area contributed by atoms with E-state index in [9.17, 15) is 9.90 Å². The number of amides is 1. The number of phenolic OH excluding ortho intramolecular Hbond substituents is 1. The van der Waals surface area contributed by atoms with Crippen molar-refractivity contribution < 1.29 is 14.6 Å². The standard InChI is InChI=1S/C22H27N3O3/c1-3-14-8-10-15(11-9-14)21-18-19(16-6-4-5-7-17(16)26)23-24-20(18)22(27)25(21)12-13-28-2/h4-11,18-21,23-24,26H,3,12-13H2,1-2H3. The van der Waals surface area contributed by atoms with Crippen molar-refractivity contribution in [3.05, 3.63) is 65.2 Å². The molecule has 2 saturated heterocycles. The molecule has 0 radical (unpaired) electrons. The van der Waals surface area contributed by atoms with Crippen molar-refractivity contribution in [3.8, 4) is 5.75 Å². The van der Waals surface area contributed by atoms with Gasteiger partial charge in [-0.05, 0) is 23.6 Å². The van der Waals surface area contributed by atoms with Crippen LogP contribution in [0.2, 0.25) is 0 Å². The van der Waals surface area contributed by atoms with Crippen LogP contribution in [-0.2, 0) is 16.0 Å². The smallest absolute Gasteiger partial charge is 0.242 e. The van der Waals surface area contributed by atoms with Crippen LogP contribution in [0.1, 0.15) is 35.7 Å². The first-order valence-corrected chi connectivity index (χ1v) is 9.83. The van der Waals surface area contributed by atoms with Crippen LogP contribution in [0.5, 0.6) is 5.75 Å². The lowest BCUT2D eigenvalue weighted by atomic mass is 9.83. The summed E-state index contributed by atoms with van der Waals surface area (Å²) in [4.78, 5) is 15.1. The number of carbonyl (C=O) groups excluding carboxylic acids is 1. The van der Waals surface area contributed by atoms with Gasteiger partial charge in [0.1, 0.15) is 11.8 Å². The molecule has 2 fully saturated rings. The normalized spacial score (nSPS) is 26.6. The maximum atomic E-state index is 13.2. The highest BCUT2D eigenvalue weighted by Crippen LogP contribution is 2.48. The number of benzene rings is 2. The van der Waals surface area contributed by atoms with Crippen LogP contribution >= 0.6 is 0 Å². The van der Waals surface area contributed by atoms with Gasteiger partial charge in [0.25, 0.3) is 0 Å². The van der Waals surface area contributed by atoms with Gasteiger partial charge in [-0.2, -0.15) is 0 Å². The highest BCUT2D eigenvalue weighted by atomic mass is 16.5. The van der Waals surface area contributed by atoms with Gasteiger partial charge in [-0.15, -0.1) is 0 Å². The third kappa shape index (κ3) is 3.17. The summed E-state index contributed by atoms with van der Waals surface area (Å²) in [5.41, 5.74) is 9.62. The molecule has 6 nitrogen and oxygen atoms in total. The second-order valence-electron chi connectivity index (χ2n) is 7.44. The Balaban J connectivity index is 1.74. The van der Waals surface area contributed by atoms with Crippen LogP contribution in [0.4, 0.5) is 0 Å². The molecule has 0 aliphatic carbocycles. The van der Waals surface area contributed by atoms with Crippen LogP contribution in [0.15, 0.2) is 48.5 Å². The van der Waals surface area contributed by atoms with E-state index < -0.39 is 0 Å². The second kappa shape index (κ2) is 7.91. The number of nitrogens with zero attached hydrogens (tertiary/aromatic N) is 1. The predicted molar refractivity (Wildman–Crippen MR) is 107 cm³/mol. The number of likely N-dealkylation sites (tertiary alicyclic amines) is 1. The molecule has 0 spiro atoms. The molecule has 1 amide bonds. The Morgan fingerprint density at radius 2 is 1.79 bits per heavy atom. The van der Waals surface area contributed by atoms with Crippen molar-refractivity contribution >= 4 is 5.91 Å². The number of rotatable bonds is 6. The first-order valence-electron chi connectivity index (χ1n) is 9.83. The fourth-order valence-electron chi connectivity index (χ4n) is 4.51. The molecule has 4 unspecified atom stereocenters. The quantitative estimate of drug-likeness (QED) is 0.716. The second-order valence-corrected chi connectivity index (χ2v) is 7.44. The van der Waals surface area contributed by atoms with E-state index in [2.05, 4.69) is 42.0 Å². The number of hydrogen-bond acceptors (Lipinski definition) is 5. The van der Waals surface area contributed by atoms with Crippen molar-refractivity contribution in [2.45, 2.75) is 31.5 Å². The van der Waals surface area contributed by atoms with E-state index in [4.69, 9.17) is 4.74 Å². The number of fused-ring (bicyclic) bond motifs is 1. The number of phenols is 1. The maximum Gasteiger partial charge on any atom is 0.242 e. The number of hydrogen-bond donors (Lipinski definition) is 3. The Morgan fingerprint density at radius 3 is 2.46 bits per heavy atom. The number of nitrogens with one attached hydrogen (secondary N) is 2. The van der Waals surface area contributed by atoms with E-state index in [1.165, 1.54) is 5.56 Å². The minimum absolute atomic E-state index is 0.0369. The molecule has 0 saturated carbocycles. The van der Waals surface area contributed by atoms with Crippen LogP contribution in [-0.4, -0.2) is 42.2 Å². The number of methoxy groups -OCH3 is 1. The third-order valence-electron chi connectivity index (χ3n) is 5.95. The lowest BCUT2D eigenvalue weighted by Crippen LogP contribution is -2.42. The molecular weight excluding hydrogens is 354 g/mol. The van der Waals surface area contributed by atoms with Gasteiger partial charge in [0.15, 0.2) is 0 Å². The van der Waals surface area contributed by atoms with Gasteiger partial charge in [-0.1, -0.05) is 49.4 Å². The van der Waals surface area contributed by atoms with Crippen molar-refractivity contribution in [2.24, 2.45) is 5.92 Å².